The Kier molecular flexibility index (Phi) is 13.5. The molecule has 0 saturated heterocycles. The number of fused-ring (bicyclic) bond motifs is 15. The normalized spacial score (nSPS) is 11.0. The van der Waals surface area contributed by atoms with Gasteiger partial charge >= 0.3 is 0 Å². The van der Waals surface area contributed by atoms with E-state index in [0.29, 0.717) is 0 Å². The molecule has 5 heterocycles. The van der Waals surface area contributed by atoms with Crippen LogP contribution in [-0.2, 0) is 35.2 Å². The van der Waals surface area contributed by atoms with E-state index in [1.165, 1.54) is 109 Å². The summed E-state index contributed by atoms with van der Waals surface area (Å²) in [7, 11) is 10.6. The maximum Gasteiger partial charge on any atom is 0.0488 e. The number of aryl methyl sites for hydroxylation is 5. The second-order valence-electron chi connectivity index (χ2n) is 18.0. The van der Waals surface area contributed by atoms with Crippen molar-refractivity contribution in [1.82, 2.24) is 22.8 Å². The molecule has 0 aliphatic carbocycles. The Bertz CT molecular complexity index is 3410. The van der Waals surface area contributed by atoms with Crippen LogP contribution in [0.4, 0.5) is 0 Å². The SMILES string of the molecule is CC.Cn1c2ccccc2c2ccccc21.Cn1c2ccccc2c2ccccc21.Cn1c2ccccc2c2ccccc21.Cn1c2ccccc2c2ccccc21.Cn1c2ccccc2c2ccccc21. The van der Waals surface area contributed by atoms with Gasteiger partial charge in [-0.3, -0.25) is 0 Å². The third-order valence-corrected chi connectivity index (χ3v) is 14.1. The molecular formula is C67H61N5. The average molecular weight is 936 g/mol. The van der Waals surface area contributed by atoms with E-state index < -0.39 is 0 Å². The van der Waals surface area contributed by atoms with Gasteiger partial charge in [-0.25, -0.2) is 0 Å². The number of hydrogen-bond donors (Lipinski definition) is 0. The van der Waals surface area contributed by atoms with E-state index in [9.17, 15) is 0 Å². The van der Waals surface area contributed by atoms with Gasteiger partial charge in [-0.1, -0.05) is 196 Å². The minimum absolute atomic E-state index is 1.30. The van der Waals surface area contributed by atoms with Gasteiger partial charge in [0.2, 0.25) is 0 Å². The maximum atomic E-state index is 2.24. The van der Waals surface area contributed by atoms with Crippen LogP contribution < -0.4 is 0 Å². The van der Waals surface area contributed by atoms with Crippen LogP contribution >= 0.6 is 0 Å². The molecule has 0 atom stereocenters. The van der Waals surface area contributed by atoms with Crippen LogP contribution in [-0.4, -0.2) is 22.8 Å². The van der Waals surface area contributed by atoms with E-state index in [1.807, 2.05) is 13.8 Å². The number of benzene rings is 10. The zero-order valence-electron chi connectivity index (χ0n) is 42.3. The molecule has 0 unspecified atom stereocenters. The molecule has 0 aliphatic rings. The lowest BCUT2D eigenvalue weighted by molar-refractivity contribution is 1.01. The van der Waals surface area contributed by atoms with E-state index in [1.54, 1.807) is 0 Å². The van der Waals surface area contributed by atoms with Crippen molar-refractivity contribution in [2.24, 2.45) is 35.2 Å². The van der Waals surface area contributed by atoms with Crippen molar-refractivity contribution in [1.29, 1.82) is 0 Å². The highest BCUT2D eigenvalue weighted by molar-refractivity contribution is 6.11. The Morgan fingerprint density at radius 2 is 0.236 bits per heavy atom. The van der Waals surface area contributed by atoms with Crippen molar-refractivity contribution in [2.45, 2.75) is 13.8 Å². The van der Waals surface area contributed by atoms with E-state index in [-0.39, 0.29) is 0 Å². The minimum atomic E-state index is 1.30. The number of rotatable bonds is 0. The summed E-state index contributed by atoms with van der Waals surface area (Å²) in [5.41, 5.74) is 13.0. The Labute approximate surface area is 421 Å². The highest BCUT2D eigenvalue weighted by Gasteiger charge is 2.09. The first kappa shape index (κ1) is 46.9. The smallest absolute Gasteiger partial charge is 0.0488 e. The molecule has 10 aromatic carbocycles. The van der Waals surface area contributed by atoms with Crippen LogP contribution in [0.1, 0.15) is 13.8 Å². The predicted molar refractivity (Wildman–Crippen MR) is 313 cm³/mol. The quantitative estimate of drug-likeness (QED) is 0.145. The fourth-order valence-electron chi connectivity index (χ4n) is 10.6. The van der Waals surface area contributed by atoms with Crippen LogP contribution in [0.15, 0.2) is 243 Å². The van der Waals surface area contributed by atoms with Crippen molar-refractivity contribution in [2.75, 3.05) is 0 Å². The monoisotopic (exact) mass is 935 g/mol. The van der Waals surface area contributed by atoms with Crippen LogP contribution in [0.25, 0.3) is 109 Å². The van der Waals surface area contributed by atoms with Crippen molar-refractivity contribution >= 4 is 109 Å². The molecule has 5 nitrogen and oxygen atoms in total. The van der Waals surface area contributed by atoms with Crippen LogP contribution in [0.2, 0.25) is 0 Å². The lowest BCUT2D eigenvalue weighted by atomic mass is 10.2. The summed E-state index contributed by atoms with van der Waals surface area (Å²) in [5.74, 6) is 0. The highest BCUT2D eigenvalue weighted by Crippen LogP contribution is 2.31. The first-order chi connectivity index (χ1) is 35.4. The van der Waals surface area contributed by atoms with Crippen molar-refractivity contribution in [3.8, 4) is 0 Å². The van der Waals surface area contributed by atoms with Crippen LogP contribution in [0.5, 0.6) is 0 Å². The topological polar surface area (TPSA) is 24.6 Å². The fourth-order valence-corrected chi connectivity index (χ4v) is 10.6. The van der Waals surface area contributed by atoms with Gasteiger partial charge in [-0.15, -0.1) is 0 Å². The molecule has 0 fully saturated rings. The van der Waals surface area contributed by atoms with Gasteiger partial charge in [0.05, 0.1) is 0 Å². The number of para-hydroxylation sites is 10. The Morgan fingerprint density at radius 1 is 0.153 bits per heavy atom. The number of hydrogen-bond acceptors (Lipinski definition) is 0. The summed E-state index contributed by atoms with van der Waals surface area (Å²) in [6, 6.07) is 85.2. The second-order valence-corrected chi connectivity index (χ2v) is 18.0. The molecule has 72 heavy (non-hydrogen) atoms. The van der Waals surface area contributed by atoms with Crippen LogP contribution in [0.3, 0.4) is 0 Å². The Morgan fingerprint density at radius 3 is 0.333 bits per heavy atom. The molecule has 0 bridgehead atoms. The van der Waals surface area contributed by atoms with Crippen molar-refractivity contribution in [3.05, 3.63) is 243 Å². The van der Waals surface area contributed by atoms with E-state index in [4.69, 9.17) is 0 Å². The molecular weight excluding hydrogens is 875 g/mol. The van der Waals surface area contributed by atoms with Crippen molar-refractivity contribution < 1.29 is 0 Å². The molecule has 5 heteroatoms. The third-order valence-electron chi connectivity index (χ3n) is 14.1. The minimum Gasteiger partial charge on any atom is -0.344 e. The average Bonchev–Trinajstić information content (AvgIpc) is 4.20. The molecule has 0 aliphatic heterocycles. The van der Waals surface area contributed by atoms with Gasteiger partial charge in [-0.2, -0.15) is 0 Å². The molecule has 15 rings (SSSR count). The molecule has 0 amide bonds. The lowest BCUT2D eigenvalue weighted by Gasteiger charge is -1.95. The van der Waals surface area contributed by atoms with E-state index in [0.717, 1.165) is 0 Å². The summed E-state index contributed by atoms with van der Waals surface area (Å²) in [4.78, 5) is 0. The molecule has 354 valence electrons. The van der Waals surface area contributed by atoms with Gasteiger partial charge in [0.15, 0.2) is 0 Å². The largest absolute Gasteiger partial charge is 0.344 e. The standard InChI is InChI=1S/5C13H11N.C2H6/c5*1-14-12-8-4-2-6-10(12)11-7-3-5-9-13(11)14;1-2/h5*2-9H,1H3;1-2H3. The van der Waals surface area contributed by atoms with Gasteiger partial charge < -0.3 is 22.8 Å². The van der Waals surface area contributed by atoms with E-state index >= 15 is 0 Å². The second kappa shape index (κ2) is 20.7. The Balaban J connectivity index is 0.000000103. The van der Waals surface area contributed by atoms with Gasteiger partial charge in [0.25, 0.3) is 0 Å². The molecule has 0 N–H and O–H groups in total. The predicted octanol–water partition coefficient (Wildman–Crippen LogP) is 17.7. The van der Waals surface area contributed by atoms with Gasteiger partial charge in [-0.05, 0) is 60.7 Å². The molecule has 0 radical (unpaired) electrons. The number of nitrogens with zero attached hydrogens (tertiary/aromatic N) is 5. The van der Waals surface area contributed by atoms with Gasteiger partial charge in [0.1, 0.15) is 0 Å². The summed E-state index contributed by atoms with van der Waals surface area (Å²) >= 11 is 0. The summed E-state index contributed by atoms with van der Waals surface area (Å²) in [6.07, 6.45) is 0. The van der Waals surface area contributed by atoms with Crippen LogP contribution in [0, 0.1) is 0 Å². The molecule has 0 spiro atoms. The third kappa shape index (κ3) is 8.54. The Hall–Kier alpha value is -8.80. The van der Waals surface area contributed by atoms with Gasteiger partial charge in [0, 0.05) is 144 Å². The van der Waals surface area contributed by atoms with Crippen molar-refractivity contribution in [3.63, 3.8) is 0 Å². The maximum absolute atomic E-state index is 2.24. The molecule has 5 aromatic heterocycles. The summed E-state index contributed by atoms with van der Waals surface area (Å²) in [5, 5.41) is 13.4. The fraction of sp³-hybridized carbons (Fsp3) is 0.104. The summed E-state index contributed by atoms with van der Waals surface area (Å²) < 4.78 is 11.2. The number of aromatic nitrogens is 5. The highest BCUT2D eigenvalue weighted by atomic mass is 15.0. The zero-order chi connectivity index (χ0) is 49.7. The summed E-state index contributed by atoms with van der Waals surface area (Å²) in [6.45, 7) is 4.00. The molecule has 0 saturated carbocycles. The lowest BCUT2D eigenvalue weighted by Crippen LogP contribution is -1.84. The first-order valence-corrected chi connectivity index (χ1v) is 25.0. The van der Waals surface area contributed by atoms with E-state index in [2.05, 4.69) is 301 Å². The zero-order valence-corrected chi connectivity index (χ0v) is 42.3. The first-order valence-electron chi connectivity index (χ1n) is 25.0. The molecule has 15 aromatic rings.